The zero-order valence-electron chi connectivity index (χ0n) is 15.0. The van der Waals surface area contributed by atoms with Gasteiger partial charge >= 0.3 is 11.9 Å². The van der Waals surface area contributed by atoms with Crippen molar-refractivity contribution >= 4 is 41.0 Å². The molecule has 1 aliphatic rings. The minimum atomic E-state index is -1.12. The highest BCUT2D eigenvalue weighted by Gasteiger charge is 2.43. The molecule has 2 rings (SSSR count). The monoisotopic (exact) mass is 416 g/mol. The normalized spacial score (nSPS) is 16.6. The second-order valence-corrected chi connectivity index (χ2v) is 7.36. The van der Waals surface area contributed by atoms with Gasteiger partial charge in [-0.1, -0.05) is 29.3 Å². The number of carboxylic acid groups (broad SMARTS) is 1. The molecular formula is C18H22Cl2N2O5. The number of hydrogen-bond acceptors (Lipinski definition) is 5. The summed E-state index contributed by atoms with van der Waals surface area (Å²) in [4.78, 5) is 37.6. The molecule has 1 amide bonds. The van der Waals surface area contributed by atoms with E-state index in [1.165, 1.54) is 7.11 Å². The van der Waals surface area contributed by atoms with Crippen LogP contribution in [-0.2, 0) is 25.5 Å². The molecule has 0 atom stereocenters. The fourth-order valence-electron chi connectivity index (χ4n) is 3.14. The Kier molecular flexibility index (Phi) is 7.47. The van der Waals surface area contributed by atoms with Crippen LogP contribution in [0.4, 0.5) is 0 Å². The third-order valence-electron chi connectivity index (χ3n) is 4.67. The highest BCUT2D eigenvalue weighted by Crippen LogP contribution is 2.26. The third-order valence-corrected chi connectivity index (χ3v) is 5.26. The lowest BCUT2D eigenvalue weighted by molar-refractivity contribution is -0.153. The summed E-state index contributed by atoms with van der Waals surface area (Å²) in [5.74, 6) is -1.72. The number of rotatable bonds is 7. The van der Waals surface area contributed by atoms with Gasteiger partial charge in [0.05, 0.1) is 20.0 Å². The van der Waals surface area contributed by atoms with Crippen LogP contribution in [0.1, 0.15) is 24.8 Å². The SMILES string of the molecule is COC(=O)C1(NC(=O)Cc2ccc(Cl)cc2Cl)CCN(CCC(=O)O)CC1. The quantitative estimate of drug-likeness (QED) is 0.660. The molecule has 0 radical (unpaired) electrons. The minimum Gasteiger partial charge on any atom is -0.481 e. The number of esters is 1. The van der Waals surface area contributed by atoms with Gasteiger partial charge in [0.15, 0.2) is 0 Å². The Hall–Kier alpha value is -1.83. The van der Waals surface area contributed by atoms with Crippen molar-refractivity contribution in [1.82, 2.24) is 10.2 Å². The van der Waals surface area contributed by atoms with Crippen molar-refractivity contribution in [3.05, 3.63) is 33.8 Å². The van der Waals surface area contributed by atoms with Gasteiger partial charge in [-0.25, -0.2) is 4.79 Å². The second-order valence-electron chi connectivity index (χ2n) is 6.52. The number of carboxylic acids is 1. The Morgan fingerprint density at radius 3 is 2.48 bits per heavy atom. The predicted octanol–water partition coefficient (Wildman–Crippen LogP) is 2.13. The molecule has 0 saturated carbocycles. The molecule has 148 valence electrons. The number of carbonyl (C=O) groups excluding carboxylic acids is 2. The van der Waals surface area contributed by atoms with E-state index in [9.17, 15) is 14.4 Å². The van der Waals surface area contributed by atoms with Gasteiger partial charge in [-0.2, -0.15) is 0 Å². The molecule has 0 bridgehead atoms. The standard InChI is InChI=1S/C18H22Cl2N2O5/c1-27-17(26)18(5-8-22(9-6-18)7-4-16(24)25)21-15(23)10-12-2-3-13(19)11-14(12)20/h2-3,11H,4-10H2,1H3,(H,21,23)(H,24,25). The highest BCUT2D eigenvalue weighted by molar-refractivity contribution is 6.35. The molecule has 1 fully saturated rings. The molecule has 2 N–H and O–H groups in total. The smallest absolute Gasteiger partial charge is 0.331 e. The molecule has 0 spiro atoms. The molecular weight excluding hydrogens is 395 g/mol. The van der Waals surface area contributed by atoms with E-state index in [0.717, 1.165) is 0 Å². The Morgan fingerprint density at radius 1 is 1.26 bits per heavy atom. The van der Waals surface area contributed by atoms with Crippen molar-refractivity contribution in [2.75, 3.05) is 26.7 Å². The summed E-state index contributed by atoms with van der Waals surface area (Å²) in [7, 11) is 1.28. The van der Waals surface area contributed by atoms with E-state index in [1.54, 1.807) is 18.2 Å². The first-order valence-electron chi connectivity index (χ1n) is 8.53. The summed E-state index contributed by atoms with van der Waals surface area (Å²) >= 11 is 12.0. The lowest BCUT2D eigenvalue weighted by atomic mass is 9.87. The van der Waals surface area contributed by atoms with Gasteiger partial charge in [-0.15, -0.1) is 0 Å². The average molecular weight is 417 g/mol. The number of nitrogens with zero attached hydrogens (tertiary/aromatic N) is 1. The van der Waals surface area contributed by atoms with Gasteiger partial charge in [0.1, 0.15) is 5.54 Å². The Balaban J connectivity index is 2.03. The predicted molar refractivity (Wildman–Crippen MR) is 101 cm³/mol. The maximum Gasteiger partial charge on any atom is 0.331 e. The maximum atomic E-state index is 12.5. The fraction of sp³-hybridized carbons (Fsp3) is 0.500. The molecule has 9 heteroatoms. The first-order valence-corrected chi connectivity index (χ1v) is 9.29. The summed E-state index contributed by atoms with van der Waals surface area (Å²) in [5, 5.41) is 12.5. The molecule has 1 heterocycles. The van der Waals surface area contributed by atoms with E-state index < -0.39 is 17.5 Å². The zero-order valence-corrected chi connectivity index (χ0v) is 16.5. The Morgan fingerprint density at radius 2 is 1.93 bits per heavy atom. The number of hydrogen-bond donors (Lipinski definition) is 2. The Labute approximate surface area is 167 Å². The summed E-state index contributed by atoms with van der Waals surface area (Å²) in [6, 6.07) is 4.87. The van der Waals surface area contributed by atoms with Crippen LogP contribution in [0.15, 0.2) is 18.2 Å². The fourth-order valence-corrected chi connectivity index (χ4v) is 3.61. The lowest BCUT2D eigenvalue weighted by Gasteiger charge is -2.40. The van der Waals surface area contributed by atoms with Crippen molar-refractivity contribution in [3.8, 4) is 0 Å². The Bertz CT molecular complexity index is 718. The average Bonchev–Trinajstić information content (AvgIpc) is 2.62. The largest absolute Gasteiger partial charge is 0.481 e. The molecule has 1 aliphatic heterocycles. The number of amides is 1. The minimum absolute atomic E-state index is 0.0114. The van der Waals surface area contributed by atoms with E-state index in [2.05, 4.69) is 5.32 Å². The number of ether oxygens (including phenoxy) is 1. The molecule has 1 aromatic rings. The summed E-state index contributed by atoms with van der Waals surface area (Å²) < 4.78 is 4.91. The van der Waals surface area contributed by atoms with Crippen molar-refractivity contribution in [3.63, 3.8) is 0 Å². The van der Waals surface area contributed by atoms with E-state index in [0.29, 0.717) is 48.1 Å². The molecule has 1 saturated heterocycles. The number of carbonyl (C=O) groups is 3. The van der Waals surface area contributed by atoms with Gasteiger partial charge in [0.2, 0.25) is 5.91 Å². The number of methoxy groups -OCH3 is 1. The van der Waals surface area contributed by atoms with E-state index in [-0.39, 0.29) is 18.7 Å². The van der Waals surface area contributed by atoms with Crippen molar-refractivity contribution in [2.24, 2.45) is 0 Å². The van der Waals surface area contributed by atoms with Crippen molar-refractivity contribution < 1.29 is 24.2 Å². The van der Waals surface area contributed by atoms with Crippen LogP contribution >= 0.6 is 23.2 Å². The first kappa shape index (κ1) is 21.5. The van der Waals surface area contributed by atoms with Crippen LogP contribution in [0.5, 0.6) is 0 Å². The number of nitrogens with one attached hydrogen (secondary N) is 1. The highest BCUT2D eigenvalue weighted by atomic mass is 35.5. The van der Waals surface area contributed by atoms with Gasteiger partial charge in [-0.3, -0.25) is 9.59 Å². The van der Waals surface area contributed by atoms with Gasteiger partial charge in [-0.05, 0) is 30.5 Å². The van der Waals surface area contributed by atoms with Crippen LogP contribution in [0, 0.1) is 0 Å². The van der Waals surface area contributed by atoms with Gasteiger partial charge in [0.25, 0.3) is 0 Å². The first-order chi connectivity index (χ1) is 12.8. The number of halogens is 2. The molecule has 0 aromatic heterocycles. The number of likely N-dealkylation sites (tertiary alicyclic amines) is 1. The zero-order chi connectivity index (χ0) is 20.0. The molecule has 27 heavy (non-hydrogen) atoms. The van der Waals surface area contributed by atoms with E-state index in [1.807, 2.05) is 4.90 Å². The van der Waals surface area contributed by atoms with Crippen LogP contribution in [0.3, 0.4) is 0 Å². The number of piperidine rings is 1. The van der Waals surface area contributed by atoms with Crippen LogP contribution in [0.25, 0.3) is 0 Å². The third kappa shape index (κ3) is 5.82. The summed E-state index contributed by atoms with van der Waals surface area (Å²) in [6.07, 6.45) is 0.739. The second kappa shape index (κ2) is 9.39. The maximum absolute atomic E-state index is 12.5. The number of aliphatic carboxylic acids is 1. The van der Waals surface area contributed by atoms with Gasteiger partial charge < -0.3 is 20.1 Å². The molecule has 1 aromatic carbocycles. The molecule has 7 nitrogen and oxygen atoms in total. The van der Waals surface area contributed by atoms with Gasteiger partial charge in [0, 0.05) is 29.7 Å². The van der Waals surface area contributed by atoms with E-state index in [4.69, 9.17) is 33.0 Å². The lowest BCUT2D eigenvalue weighted by Crippen LogP contribution is -2.60. The van der Waals surface area contributed by atoms with Crippen molar-refractivity contribution in [1.29, 1.82) is 0 Å². The van der Waals surface area contributed by atoms with Crippen LogP contribution < -0.4 is 5.32 Å². The van der Waals surface area contributed by atoms with Crippen molar-refractivity contribution in [2.45, 2.75) is 31.2 Å². The topological polar surface area (TPSA) is 95.9 Å². The number of benzene rings is 1. The van der Waals surface area contributed by atoms with E-state index >= 15 is 0 Å². The molecule has 0 unspecified atom stereocenters. The molecule has 0 aliphatic carbocycles. The summed E-state index contributed by atoms with van der Waals surface area (Å²) in [6.45, 7) is 1.38. The summed E-state index contributed by atoms with van der Waals surface area (Å²) in [5.41, 5.74) is -0.512. The van der Waals surface area contributed by atoms with Crippen LogP contribution in [0.2, 0.25) is 10.0 Å². The van der Waals surface area contributed by atoms with Crippen LogP contribution in [-0.4, -0.2) is 60.1 Å².